The molecular formula is C16H22FNO4. The Bertz CT molecular complexity index is 519. The predicted molar refractivity (Wildman–Crippen MR) is 80.3 cm³/mol. The summed E-state index contributed by atoms with van der Waals surface area (Å²) < 4.78 is 18.3. The van der Waals surface area contributed by atoms with E-state index in [1.807, 2.05) is 6.92 Å². The van der Waals surface area contributed by atoms with Gasteiger partial charge < -0.3 is 15.2 Å². The van der Waals surface area contributed by atoms with Gasteiger partial charge in [-0.25, -0.2) is 4.39 Å². The summed E-state index contributed by atoms with van der Waals surface area (Å²) >= 11 is 0. The Labute approximate surface area is 129 Å². The second kappa shape index (κ2) is 9.02. The Balaban J connectivity index is 2.42. The summed E-state index contributed by atoms with van der Waals surface area (Å²) in [6.07, 6.45) is 1.85. The number of hydrogen-bond acceptors (Lipinski definition) is 3. The van der Waals surface area contributed by atoms with E-state index in [0.29, 0.717) is 18.4 Å². The van der Waals surface area contributed by atoms with E-state index in [9.17, 15) is 14.0 Å². The van der Waals surface area contributed by atoms with Crippen LogP contribution in [0.2, 0.25) is 0 Å². The first-order valence-corrected chi connectivity index (χ1v) is 7.29. The minimum atomic E-state index is -0.903. The first-order valence-electron chi connectivity index (χ1n) is 7.29. The molecule has 1 rings (SSSR count). The van der Waals surface area contributed by atoms with Crippen LogP contribution in [0.4, 0.5) is 4.39 Å². The molecule has 0 aliphatic rings. The van der Waals surface area contributed by atoms with Gasteiger partial charge in [0.2, 0.25) is 5.91 Å². The van der Waals surface area contributed by atoms with Gasteiger partial charge in [0.25, 0.3) is 0 Å². The lowest BCUT2D eigenvalue weighted by atomic mass is 10.0. The Morgan fingerprint density at radius 3 is 2.68 bits per heavy atom. The minimum absolute atomic E-state index is 0.124. The third kappa shape index (κ3) is 5.71. The molecule has 0 aliphatic heterocycles. The number of amides is 1. The average molecular weight is 311 g/mol. The number of aryl methyl sites for hydroxylation is 1. The highest BCUT2D eigenvalue weighted by atomic mass is 19.1. The Morgan fingerprint density at radius 1 is 1.41 bits per heavy atom. The zero-order chi connectivity index (χ0) is 16.5. The van der Waals surface area contributed by atoms with E-state index in [1.165, 1.54) is 19.2 Å². The largest absolute Gasteiger partial charge is 0.494 e. The lowest BCUT2D eigenvalue weighted by Crippen LogP contribution is -2.33. The number of benzene rings is 1. The second-order valence-corrected chi connectivity index (χ2v) is 5.10. The molecule has 22 heavy (non-hydrogen) atoms. The molecule has 0 radical (unpaired) electrons. The maximum absolute atomic E-state index is 13.5. The third-order valence-corrected chi connectivity index (χ3v) is 3.39. The molecule has 122 valence electrons. The van der Waals surface area contributed by atoms with Gasteiger partial charge in [-0.2, -0.15) is 0 Å². The predicted octanol–water partition coefficient (Wildman–Crippen LogP) is 2.38. The van der Waals surface area contributed by atoms with Crippen molar-refractivity contribution in [2.45, 2.75) is 32.6 Å². The molecule has 1 aromatic carbocycles. The second-order valence-electron chi connectivity index (χ2n) is 5.10. The summed E-state index contributed by atoms with van der Waals surface area (Å²) in [5.74, 6) is -2.00. The number of rotatable bonds is 9. The standard InChI is InChI=1S/C16H22FNO4/c1-3-4-12(16(20)21)10-18-15(19)8-6-11-5-7-14(22-2)13(17)9-11/h5,7,9,12H,3-4,6,8,10H2,1-2H3,(H,18,19)(H,20,21). The number of ether oxygens (including phenoxy) is 1. The zero-order valence-corrected chi connectivity index (χ0v) is 12.9. The van der Waals surface area contributed by atoms with E-state index in [2.05, 4.69) is 5.32 Å². The van der Waals surface area contributed by atoms with Crippen LogP contribution in [0.1, 0.15) is 31.7 Å². The van der Waals surface area contributed by atoms with E-state index in [-0.39, 0.29) is 24.6 Å². The molecule has 1 unspecified atom stereocenters. The van der Waals surface area contributed by atoms with Crippen molar-refractivity contribution in [1.29, 1.82) is 0 Å². The van der Waals surface area contributed by atoms with E-state index < -0.39 is 17.7 Å². The van der Waals surface area contributed by atoms with Crippen LogP contribution in [0.5, 0.6) is 5.75 Å². The Hall–Kier alpha value is -2.11. The maximum Gasteiger partial charge on any atom is 0.308 e. The van der Waals surface area contributed by atoms with E-state index in [1.54, 1.807) is 6.07 Å². The van der Waals surface area contributed by atoms with Crippen LogP contribution in [0.25, 0.3) is 0 Å². The molecule has 0 heterocycles. The number of carbonyl (C=O) groups excluding carboxylic acids is 1. The number of hydrogen-bond donors (Lipinski definition) is 2. The fraction of sp³-hybridized carbons (Fsp3) is 0.500. The number of nitrogens with one attached hydrogen (secondary N) is 1. The Morgan fingerprint density at radius 2 is 2.14 bits per heavy atom. The molecule has 2 N–H and O–H groups in total. The molecule has 0 fully saturated rings. The topological polar surface area (TPSA) is 75.6 Å². The van der Waals surface area contributed by atoms with Gasteiger partial charge in [-0.1, -0.05) is 19.4 Å². The highest BCUT2D eigenvalue weighted by Crippen LogP contribution is 2.18. The summed E-state index contributed by atoms with van der Waals surface area (Å²) in [6.45, 7) is 2.02. The fourth-order valence-corrected chi connectivity index (χ4v) is 2.11. The van der Waals surface area contributed by atoms with E-state index >= 15 is 0 Å². The summed E-state index contributed by atoms with van der Waals surface area (Å²) in [5, 5.41) is 11.6. The molecule has 0 spiro atoms. The summed E-state index contributed by atoms with van der Waals surface area (Å²) in [7, 11) is 1.39. The van der Waals surface area contributed by atoms with Crippen molar-refractivity contribution >= 4 is 11.9 Å². The molecule has 0 aliphatic carbocycles. The van der Waals surface area contributed by atoms with Crippen LogP contribution in [0.3, 0.4) is 0 Å². The van der Waals surface area contributed by atoms with Crippen LogP contribution >= 0.6 is 0 Å². The number of aliphatic carboxylic acids is 1. The van der Waals surface area contributed by atoms with Crippen LogP contribution in [-0.2, 0) is 16.0 Å². The van der Waals surface area contributed by atoms with Crippen LogP contribution < -0.4 is 10.1 Å². The molecule has 0 aromatic heterocycles. The van der Waals surface area contributed by atoms with E-state index in [4.69, 9.17) is 9.84 Å². The normalized spacial score (nSPS) is 11.8. The monoisotopic (exact) mass is 311 g/mol. The van der Waals surface area contributed by atoms with Crippen molar-refractivity contribution in [1.82, 2.24) is 5.32 Å². The maximum atomic E-state index is 13.5. The molecular weight excluding hydrogens is 289 g/mol. The van der Waals surface area contributed by atoms with Crippen molar-refractivity contribution in [3.05, 3.63) is 29.6 Å². The summed E-state index contributed by atoms with van der Waals surface area (Å²) in [6, 6.07) is 4.56. The van der Waals surface area contributed by atoms with Crippen molar-refractivity contribution in [3.8, 4) is 5.75 Å². The number of halogens is 1. The van der Waals surface area contributed by atoms with Gasteiger partial charge >= 0.3 is 5.97 Å². The molecule has 1 aromatic rings. The molecule has 6 heteroatoms. The van der Waals surface area contributed by atoms with Crippen molar-refractivity contribution in [2.75, 3.05) is 13.7 Å². The highest BCUT2D eigenvalue weighted by Gasteiger charge is 2.17. The van der Waals surface area contributed by atoms with Gasteiger partial charge in [-0.3, -0.25) is 9.59 Å². The number of carbonyl (C=O) groups is 2. The van der Waals surface area contributed by atoms with Crippen LogP contribution in [0.15, 0.2) is 18.2 Å². The number of carboxylic acid groups (broad SMARTS) is 1. The molecule has 1 amide bonds. The lowest BCUT2D eigenvalue weighted by molar-refractivity contribution is -0.141. The third-order valence-electron chi connectivity index (χ3n) is 3.39. The Kier molecular flexibility index (Phi) is 7.36. The summed E-state index contributed by atoms with van der Waals surface area (Å²) in [5.41, 5.74) is 0.691. The lowest BCUT2D eigenvalue weighted by Gasteiger charge is -2.12. The summed E-state index contributed by atoms with van der Waals surface area (Å²) in [4.78, 5) is 22.7. The zero-order valence-electron chi connectivity index (χ0n) is 12.9. The average Bonchev–Trinajstić information content (AvgIpc) is 2.49. The minimum Gasteiger partial charge on any atom is -0.494 e. The number of methoxy groups -OCH3 is 1. The van der Waals surface area contributed by atoms with Gasteiger partial charge in [-0.15, -0.1) is 0 Å². The fourth-order valence-electron chi connectivity index (χ4n) is 2.11. The van der Waals surface area contributed by atoms with Crippen molar-refractivity contribution < 1.29 is 23.8 Å². The first-order chi connectivity index (χ1) is 10.5. The van der Waals surface area contributed by atoms with Crippen LogP contribution in [-0.4, -0.2) is 30.6 Å². The smallest absolute Gasteiger partial charge is 0.308 e. The van der Waals surface area contributed by atoms with Crippen molar-refractivity contribution in [2.24, 2.45) is 5.92 Å². The van der Waals surface area contributed by atoms with Gasteiger partial charge in [0, 0.05) is 13.0 Å². The van der Waals surface area contributed by atoms with Crippen LogP contribution in [0, 0.1) is 11.7 Å². The quantitative estimate of drug-likeness (QED) is 0.734. The molecule has 0 saturated heterocycles. The molecule has 5 nitrogen and oxygen atoms in total. The van der Waals surface area contributed by atoms with Gasteiger partial charge in [0.1, 0.15) is 0 Å². The SMILES string of the molecule is CCCC(CNC(=O)CCc1ccc(OC)c(F)c1)C(=O)O. The van der Waals surface area contributed by atoms with E-state index in [0.717, 1.165) is 6.42 Å². The van der Waals surface area contributed by atoms with Gasteiger partial charge in [0.15, 0.2) is 11.6 Å². The molecule has 0 saturated carbocycles. The molecule has 1 atom stereocenters. The van der Waals surface area contributed by atoms with Gasteiger partial charge in [-0.05, 0) is 30.5 Å². The van der Waals surface area contributed by atoms with Crippen molar-refractivity contribution in [3.63, 3.8) is 0 Å². The number of carboxylic acids is 1. The molecule has 0 bridgehead atoms. The first kappa shape index (κ1) is 17.9. The van der Waals surface area contributed by atoms with Gasteiger partial charge in [0.05, 0.1) is 13.0 Å². The highest BCUT2D eigenvalue weighted by molar-refractivity contribution is 5.77.